The van der Waals surface area contributed by atoms with E-state index in [9.17, 15) is 5.11 Å². The molecule has 34 heavy (non-hydrogen) atoms. The first-order valence-corrected chi connectivity index (χ1v) is 11.8. The van der Waals surface area contributed by atoms with E-state index in [2.05, 4.69) is 62.2 Å². The quantitative estimate of drug-likeness (QED) is 0.437. The summed E-state index contributed by atoms with van der Waals surface area (Å²) in [5, 5.41) is 11.7. The molecule has 0 aliphatic carbocycles. The van der Waals surface area contributed by atoms with Crippen LogP contribution in [-0.2, 0) is 0 Å². The predicted molar refractivity (Wildman–Crippen MR) is 134 cm³/mol. The fourth-order valence-corrected chi connectivity index (χ4v) is 4.66. The van der Waals surface area contributed by atoms with Gasteiger partial charge >= 0.3 is 0 Å². The second kappa shape index (κ2) is 10.7. The van der Waals surface area contributed by atoms with E-state index in [-0.39, 0.29) is 12.6 Å². The zero-order chi connectivity index (χ0) is 23.2. The molecule has 5 rings (SSSR count). The van der Waals surface area contributed by atoms with Crippen LogP contribution in [-0.4, -0.2) is 70.3 Å². The molecular weight excluding hydrogens is 424 g/mol. The maximum atomic E-state index is 10.6. The Labute approximate surface area is 200 Å². The van der Waals surface area contributed by atoms with Gasteiger partial charge in [-0.3, -0.25) is 14.8 Å². The summed E-state index contributed by atoms with van der Waals surface area (Å²) in [6.07, 6.45) is 3.16. The Morgan fingerprint density at radius 1 is 0.794 bits per heavy atom. The van der Waals surface area contributed by atoms with Crippen LogP contribution < -0.4 is 4.74 Å². The van der Waals surface area contributed by atoms with E-state index in [4.69, 9.17) is 4.74 Å². The molecule has 1 N–H and O–H groups in total. The Morgan fingerprint density at radius 3 is 2.29 bits per heavy atom. The number of fused-ring (bicyclic) bond motifs is 1. The number of aliphatic hydroxyl groups excluding tert-OH is 1. The van der Waals surface area contributed by atoms with Crippen LogP contribution in [0.4, 0.5) is 0 Å². The highest BCUT2D eigenvalue weighted by Crippen LogP contribution is 2.29. The van der Waals surface area contributed by atoms with E-state index in [1.165, 1.54) is 11.1 Å². The van der Waals surface area contributed by atoms with Gasteiger partial charge in [-0.1, -0.05) is 48.5 Å². The number of hydrogen-bond acceptors (Lipinski definition) is 6. The fourth-order valence-electron chi connectivity index (χ4n) is 4.66. The Kier molecular flexibility index (Phi) is 7.10. The van der Waals surface area contributed by atoms with Crippen molar-refractivity contribution in [1.82, 2.24) is 19.8 Å². The molecule has 1 aliphatic rings. The van der Waals surface area contributed by atoms with Gasteiger partial charge in [0.25, 0.3) is 0 Å². The Bertz CT molecular complexity index is 1140. The number of aliphatic hydroxyl groups is 1. The van der Waals surface area contributed by atoms with Crippen LogP contribution in [0.3, 0.4) is 0 Å². The highest BCUT2D eigenvalue weighted by Gasteiger charge is 2.27. The molecule has 1 fully saturated rings. The van der Waals surface area contributed by atoms with Gasteiger partial charge in [0, 0.05) is 56.6 Å². The molecule has 0 bridgehead atoms. The second-order valence-corrected chi connectivity index (χ2v) is 8.74. The molecule has 0 radical (unpaired) electrons. The number of ether oxygens (including phenoxy) is 1. The van der Waals surface area contributed by atoms with Crippen molar-refractivity contribution in [3.8, 4) is 5.88 Å². The van der Waals surface area contributed by atoms with Crippen molar-refractivity contribution in [2.75, 3.05) is 39.3 Å². The Morgan fingerprint density at radius 2 is 1.50 bits per heavy atom. The lowest BCUT2D eigenvalue weighted by atomic mass is 9.97. The summed E-state index contributed by atoms with van der Waals surface area (Å²) in [7, 11) is 0. The molecule has 3 heterocycles. The topological polar surface area (TPSA) is 61.7 Å². The Hall–Kier alpha value is -3.32. The van der Waals surface area contributed by atoms with Crippen molar-refractivity contribution in [1.29, 1.82) is 0 Å². The standard InChI is InChI=1S/C28H30N4O2/c33-25(21-34-27-11-10-22-6-4-5-9-26(22)30-27)20-31-16-18-32(19-17-31)28(23-7-2-1-3-8-23)24-12-14-29-15-13-24/h1-15,25,28,33H,16-21H2. The molecule has 0 amide bonds. The van der Waals surface area contributed by atoms with Crippen molar-refractivity contribution >= 4 is 10.9 Å². The van der Waals surface area contributed by atoms with Crippen molar-refractivity contribution in [3.63, 3.8) is 0 Å². The predicted octanol–water partition coefficient (Wildman–Crippen LogP) is 3.78. The van der Waals surface area contributed by atoms with E-state index in [0.29, 0.717) is 12.4 Å². The van der Waals surface area contributed by atoms with E-state index >= 15 is 0 Å². The summed E-state index contributed by atoms with van der Waals surface area (Å²) in [6.45, 7) is 4.49. The number of hydrogen-bond donors (Lipinski definition) is 1. The summed E-state index contributed by atoms with van der Waals surface area (Å²) >= 11 is 0. The molecule has 0 spiro atoms. The monoisotopic (exact) mass is 454 g/mol. The number of rotatable bonds is 8. The van der Waals surface area contributed by atoms with Crippen LogP contribution in [0.5, 0.6) is 5.88 Å². The molecule has 2 aromatic heterocycles. The van der Waals surface area contributed by atoms with Crippen LogP contribution in [0.2, 0.25) is 0 Å². The summed E-state index contributed by atoms with van der Waals surface area (Å²) in [5.41, 5.74) is 3.44. The molecule has 6 heteroatoms. The third kappa shape index (κ3) is 5.42. The largest absolute Gasteiger partial charge is 0.475 e. The first-order valence-electron chi connectivity index (χ1n) is 11.8. The van der Waals surface area contributed by atoms with Crippen molar-refractivity contribution in [2.24, 2.45) is 0 Å². The lowest BCUT2D eigenvalue weighted by Gasteiger charge is -2.40. The van der Waals surface area contributed by atoms with E-state index in [1.54, 1.807) is 0 Å². The van der Waals surface area contributed by atoms with Crippen molar-refractivity contribution in [2.45, 2.75) is 12.1 Å². The average molecular weight is 455 g/mol. The lowest BCUT2D eigenvalue weighted by Crippen LogP contribution is -2.50. The third-order valence-electron chi connectivity index (χ3n) is 6.37. The molecule has 1 aliphatic heterocycles. The average Bonchev–Trinajstić information content (AvgIpc) is 2.90. The summed E-state index contributed by atoms with van der Waals surface area (Å²) in [5.74, 6) is 0.547. The molecule has 1 saturated heterocycles. The fraction of sp³-hybridized carbons (Fsp3) is 0.286. The number of para-hydroxylation sites is 1. The smallest absolute Gasteiger partial charge is 0.213 e. The minimum absolute atomic E-state index is 0.207. The van der Waals surface area contributed by atoms with Gasteiger partial charge in [0.15, 0.2) is 0 Å². The van der Waals surface area contributed by atoms with Gasteiger partial charge in [0.05, 0.1) is 11.6 Å². The normalized spacial score (nSPS) is 16.9. The highest BCUT2D eigenvalue weighted by molar-refractivity contribution is 5.78. The summed E-state index contributed by atoms with van der Waals surface area (Å²) < 4.78 is 5.79. The van der Waals surface area contributed by atoms with Gasteiger partial charge in [0.2, 0.25) is 5.88 Å². The van der Waals surface area contributed by atoms with Crippen LogP contribution in [0.1, 0.15) is 17.2 Å². The molecule has 4 aromatic rings. The van der Waals surface area contributed by atoms with Crippen molar-refractivity contribution < 1.29 is 9.84 Å². The molecule has 2 atom stereocenters. The lowest BCUT2D eigenvalue weighted by molar-refractivity contribution is 0.0392. The van der Waals surface area contributed by atoms with Crippen LogP contribution in [0, 0.1) is 0 Å². The summed E-state index contributed by atoms with van der Waals surface area (Å²) in [4.78, 5) is 13.5. The van der Waals surface area contributed by atoms with Gasteiger partial charge in [-0.15, -0.1) is 0 Å². The molecule has 0 saturated carbocycles. The van der Waals surface area contributed by atoms with Crippen LogP contribution >= 0.6 is 0 Å². The number of nitrogens with zero attached hydrogens (tertiary/aromatic N) is 4. The van der Waals surface area contributed by atoms with Crippen molar-refractivity contribution in [3.05, 3.63) is 102 Å². The summed E-state index contributed by atoms with van der Waals surface area (Å²) in [6, 6.07) is 26.9. The zero-order valence-electron chi connectivity index (χ0n) is 19.2. The highest BCUT2D eigenvalue weighted by atomic mass is 16.5. The molecular formula is C28H30N4O2. The van der Waals surface area contributed by atoms with Gasteiger partial charge < -0.3 is 9.84 Å². The molecule has 174 valence electrons. The number of benzene rings is 2. The first-order chi connectivity index (χ1) is 16.8. The number of β-amino-alcohol motifs (C(OH)–C–C–N with tert-alkyl or cyclic N) is 1. The Balaban J connectivity index is 1.15. The minimum Gasteiger partial charge on any atom is -0.475 e. The maximum Gasteiger partial charge on any atom is 0.213 e. The number of pyridine rings is 2. The van der Waals surface area contributed by atoms with E-state index in [0.717, 1.165) is 37.1 Å². The third-order valence-corrected chi connectivity index (χ3v) is 6.37. The van der Waals surface area contributed by atoms with E-state index in [1.807, 2.05) is 48.8 Å². The zero-order valence-corrected chi connectivity index (χ0v) is 19.2. The minimum atomic E-state index is -0.565. The van der Waals surface area contributed by atoms with Crippen LogP contribution in [0.15, 0.2) is 91.3 Å². The molecule has 6 nitrogen and oxygen atoms in total. The van der Waals surface area contributed by atoms with Gasteiger partial charge in [-0.25, -0.2) is 4.98 Å². The first kappa shape index (κ1) is 22.5. The molecule has 2 aromatic carbocycles. The SMILES string of the molecule is OC(COc1ccc2ccccc2n1)CN1CCN(C(c2ccccc2)c2ccncc2)CC1. The molecule has 2 unspecified atom stereocenters. The van der Waals surface area contributed by atoms with Gasteiger partial charge in [0.1, 0.15) is 12.7 Å². The number of piperazine rings is 1. The van der Waals surface area contributed by atoms with E-state index < -0.39 is 6.10 Å². The van der Waals surface area contributed by atoms with Gasteiger partial charge in [-0.2, -0.15) is 0 Å². The maximum absolute atomic E-state index is 10.6. The van der Waals surface area contributed by atoms with Gasteiger partial charge in [-0.05, 0) is 35.4 Å². The second-order valence-electron chi connectivity index (χ2n) is 8.74. The number of aromatic nitrogens is 2. The van der Waals surface area contributed by atoms with Crippen LogP contribution in [0.25, 0.3) is 10.9 Å².